The van der Waals surface area contributed by atoms with E-state index in [2.05, 4.69) is 5.32 Å². The van der Waals surface area contributed by atoms with Crippen molar-refractivity contribution in [2.24, 2.45) is 23.7 Å². The molecule has 1 aromatic heterocycles. The maximum atomic E-state index is 12.8. The molecule has 2 aliphatic carbocycles. The Labute approximate surface area is 149 Å². The molecular formula is C18H21NO5S. The normalized spacial score (nSPS) is 26.7. The molecule has 0 saturated heterocycles. The van der Waals surface area contributed by atoms with Gasteiger partial charge < -0.3 is 15.2 Å². The largest absolute Gasteiger partial charge is 0.481 e. The zero-order chi connectivity index (χ0) is 18.3. The van der Waals surface area contributed by atoms with E-state index in [1.165, 1.54) is 18.4 Å². The third-order valence-electron chi connectivity index (χ3n) is 5.24. The van der Waals surface area contributed by atoms with Crippen molar-refractivity contribution in [3.63, 3.8) is 0 Å². The van der Waals surface area contributed by atoms with Crippen LogP contribution in [0.2, 0.25) is 0 Å². The maximum absolute atomic E-state index is 12.8. The van der Waals surface area contributed by atoms with Crippen molar-refractivity contribution in [3.05, 3.63) is 28.2 Å². The highest BCUT2D eigenvalue weighted by atomic mass is 32.1. The summed E-state index contributed by atoms with van der Waals surface area (Å²) in [5.41, 5.74) is 1.24. The van der Waals surface area contributed by atoms with E-state index < -0.39 is 23.8 Å². The molecule has 0 aliphatic heterocycles. The molecule has 1 aromatic rings. The molecule has 134 valence electrons. The van der Waals surface area contributed by atoms with Gasteiger partial charge in [-0.25, -0.2) is 4.79 Å². The van der Waals surface area contributed by atoms with Crippen molar-refractivity contribution < 1.29 is 24.2 Å². The highest BCUT2D eigenvalue weighted by molar-refractivity contribution is 7.16. The van der Waals surface area contributed by atoms with Crippen molar-refractivity contribution in [2.45, 2.75) is 26.7 Å². The molecule has 4 atom stereocenters. The highest BCUT2D eigenvalue weighted by Crippen LogP contribution is 2.48. The summed E-state index contributed by atoms with van der Waals surface area (Å²) in [4.78, 5) is 37.5. The van der Waals surface area contributed by atoms with Gasteiger partial charge in [0, 0.05) is 4.88 Å². The van der Waals surface area contributed by atoms with Gasteiger partial charge in [-0.2, -0.15) is 0 Å². The Balaban J connectivity index is 1.90. The summed E-state index contributed by atoms with van der Waals surface area (Å²) < 4.78 is 4.86. The minimum Gasteiger partial charge on any atom is -0.481 e. The number of aryl methyl sites for hydroxylation is 1. The minimum absolute atomic E-state index is 0.0561. The highest BCUT2D eigenvalue weighted by Gasteiger charge is 2.51. The van der Waals surface area contributed by atoms with E-state index in [0.29, 0.717) is 23.4 Å². The molecule has 1 amide bonds. The first-order valence-corrected chi connectivity index (χ1v) is 9.13. The molecule has 0 unspecified atom stereocenters. The number of fused-ring (bicyclic) bond motifs is 2. The number of allylic oxidation sites excluding steroid dienone is 2. The number of carboxylic acids is 1. The lowest BCUT2D eigenvalue weighted by atomic mass is 9.82. The Kier molecular flexibility index (Phi) is 4.69. The molecule has 1 heterocycles. The smallest absolute Gasteiger partial charge is 0.341 e. The first-order chi connectivity index (χ1) is 11.9. The first-order valence-electron chi connectivity index (χ1n) is 8.31. The molecule has 25 heavy (non-hydrogen) atoms. The zero-order valence-corrected chi connectivity index (χ0v) is 15.2. The van der Waals surface area contributed by atoms with Crippen LogP contribution in [0.25, 0.3) is 0 Å². The summed E-state index contributed by atoms with van der Waals surface area (Å²) in [5.74, 6) is -3.22. The molecule has 2 bridgehead atoms. The van der Waals surface area contributed by atoms with E-state index in [0.717, 1.165) is 10.4 Å². The Morgan fingerprint density at radius 2 is 1.92 bits per heavy atom. The van der Waals surface area contributed by atoms with E-state index in [1.807, 2.05) is 26.0 Å². The second kappa shape index (κ2) is 6.63. The van der Waals surface area contributed by atoms with Gasteiger partial charge in [-0.3, -0.25) is 9.59 Å². The van der Waals surface area contributed by atoms with Crippen LogP contribution in [0, 0.1) is 30.6 Å². The van der Waals surface area contributed by atoms with Crippen molar-refractivity contribution in [3.8, 4) is 0 Å². The number of thiophene rings is 1. The minimum atomic E-state index is -0.943. The van der Waals surface area contributed by atoms with E-state index in [4.69, 9.17) is 4.74 Å². The van der Waals surface area contributed by atoms with Gasteiger partial charge >= 0.3 is 11.9 Å². The van der Waals surface area contributed by atoms with Crippen molar-refractivity contribution in [1.82, 2.24) is 0 Å². The third kappa shape index (κ3) is 2.86. The lowest BCUT2D eigenvalue weighted by molar-refractivity contribution is -0.146. The molecule has 7 heteroatoms. The summed E-state index contributed by atoms with van der Waals surface area (Å²) in [6.07, 6.45) is 5.18. The number of carbonyl (C=O) groups is 3. The molecule has 1 saturated carbocycles. The van der Waals surface area contributed by atoms with Crippen LogP contribution < -0.4 is 5.32 Å². The van der Waals surface area contributed by atoms with Crippen molar-refractivity contribution >= 4 is 34.2 Å². The number of methoxy groups -OCH3 is 1. The van der Waals surface area contributed by atoms with Crippen LogP contribution in [0.3, 0.4) is 0 Å². The number of ether oxygens (including phenoxy) is 1. The van der Waals surface area contributed by atoms with E-state index in [1.54, 1.807) is 0 Å². The quantitative estimate of drug-likeness (QED) is 0.620. The molecule has 0 radical (unpaired) electrons. The number of amides is 1. The molecule has 2 aliphatic rings. The van der Waals surface area contributed by atoms with E-state index in [9.17, 15) is 19.5 Å². The van der Waals surface area contributed by atoms with Crippen LogP contribution in [-0.2, 0) is 20.7 Å². The zero-order valence-electron chi connectivity index (χ0n) is 14.4. The van der Waals surface area contributed by atoms with Gasteiger partial charge in [0.1, 0.15) is 5.00 Å². The van der Waals surface area contributed by atoms with Gasteiger partial charge in [0.2, 0.25) is 5.91 Å². The summed E-state index contributed by atoms with van der Waals surface area (Å²) in [6.45, 7) is 3.83. The SMILES string of the molecule is CCc1c(C)sc(NC(=O)[C@H]2[C@@H](C(=O)O)[C@@H]3C=C[C@@H]2C3)c1C(=O)OC. The topological polar surface area (TPSA) is 92.7 Å². The van der Waals surface area contributed by atoms with Gasteiger partial charge in [-0.15, -0.1) is 11.3 Å². The van der Waals surface area contributed by atoms with E-state index in [-0.39, 0.29) is 17.7 Å². The summed E-state index contributed by atoms with van der Waals surface area (Å²) in [5, 5.41) is 12.8. The number of hydrogen-bond donors (Lipinski definition) is 2. The Bertz CT molecular complexity index is 766. The van der Waals surface area contributed by atoms with Crippen LogP contribution in [0.1, 0.15) is 34.1 Å². The van der Waals surface area contributed by atoms with Gasteiger partial charge in [0.15, 0.2) is 0 Å². The van der Waals surface area contributed by atoms with Crippen LogP contribution >= 0.6 is 11.3 Å². The second-order valence-electron chi connectivity index (χ2n) is 6.51. The average molecular weight is 363 g/mol. The lowest BCUT2D eigenvalue weighted by Gasteiger charge is -2.23. The lowest BCUT2D eigenvalue weighted by Crippen LogP contribution is -2.36. The van der Waals surface area contributed by atoms with Crippen LogP contribution in [-0.4, -0.2) is 30.1 Å². The number of anilines is 1. The maximum Gasteiger partial charge on any atom is 0.341 e. The predicted octanol–water partition coefficient (Wildman–Crippen LogP) is 2.87. The van der Waals surface area contributed by atoms with Crippen molar-refractivity contribution in [2.75, 3.05) is 12.4 Å². The third-order valence-corrected chi connectivity index (χ3v) is 6.30. The number of esters is 1. The molecular weight excluding hydrogens is 342 g/mol. The standard InChI is InChI=1S/C18H21NO5S/c1-4-11-8(2)25-16(14(11)18(23)24-3)19-15(20)12-9-5-6-10(7-9)13(12)17(21)22/h5-6,9-10,12-13H,4,7H2,1-3H3,(H,19,20)(H,21,22)/t9-,10-,12-,13+/m1/s1. The van der Waals surface area contributed by atoms with Gasteiger partial charge in [-0.05, 0) is 37.2 Å². The number of aliphatic carboxylic acids is 1. The Hall–Kier alpha value is -2.15. The fraction of sp³-hybridized carbons (Fsp3) is 0.500. The van der Waals surface area contributed by atoms with Gasteiger partial charge in [0.05, 0.1) is 24.5 Å². The number of hydrogen-bond acceptors (Lipinski definition) is 5. The number of rotatable bonds is 5. The molecule has 1 fully saturated rings. The number of carboxylic acid groups (broad SMARTS) is 1. The number of nitrogens with one attached hydrogen (secondary N) is 1. The fourth-order valence-corrected chi connectivity index (χ4v) is 5.26. The van der Waals surface area contributed by atoms with Gasteiger partial charge in [-0.1, -0.05) is 19.1 Å². The second-order valence-corrected chi connectivity index (χ2v) is 7.74. The molecule has 3 rings (SSSR count). The van der Waals surface area contributed by atoms with Crippen LogP contribution in [0.5, 0.6) is 0 Å². The Morgan fingerprint density at radius 1 is 1.28 bits per heavy atom. The summed E-state index contributed by atoms with van der Waals surface area (Å²) >= 11 is 1.33. The van der Waals surface area contributed by atoms with Crippen molar-refractivity contribution in [1.29, 1.82) is 0 Å². The fourth-order valence-electron chi connectivity index (χ4n) is 4.12. The van der Waals surface area contributed by atoms with E-state index >= 15 is 0 Å². The van der Waals surface area contributed by atoms with Crippen LogP contribution in [0.15, 0.2) is 12.2 Å². The Morgan fingerprint density at radius 3 is 2.48 bits per heavy atom. The molecule has 2 N–H and O–H groups in total. The molecule has 0 aromatic carbocycles. The summed E-state index contributed by atoms with van der Waals surface area (Å²) in [6, 6.07) is 0. The molecule has 6 nitrogen and oxygen atoms in total. The first kappa shape index (κ1) is 17.7. The summed E-state index contributed by atoms with van der Waals surface area (Å²) in [7, 11) is 1.31. The van der Waals surface area contributed by atoms with Gasteiger partial charge in [0.25, 0.3) is 0 Å². The monoisotopic (exact) mass is 363 g/mol. The molecule has 0 spiro atoms. The number of carbonyl (C=O) groups excluding carboxylic acids is 2. The van der Waals surface area contributed by atoms with Crippen LogP contribution in [0.4, 0.5) is 5.00 Å². The average Bonchev–Trinajstić information content (AvgIpc) is 3.26. The predicted molar refractivity (Wildman–Crippen MR) is 93.8 cm³/mol.